The van der Waals surface area contributed by atoms with E-state index in [0.717, 1.165) is 11.3 Å². The van der Waals surface area contributed by atoms with Crippen LogP contribution in [-0.2, 0) is 9.53 Å². The molecule has 0 aliphatic rings. The van der Waals surface area contributed by atoms with Crippen LogP contribution in [0.4, 0.5) is 0 Å². The van der Waals surface area contributed by atoms with E-state index < -0.39 is 11.6 Å². The summed E-state index contributed by atoms with van der Waals surface area (Å²) in [5, 5.41) is 9.15. The normalized spacial score (nSPS) is 12.5. The van der Waals surface area contributed by atoms with Crippen molar-refractivity contribution >= 4 is 11.7 Å². The number of allylic oxidation sites excluding steroid dienone is 2. The SMILES string of the molecule is CN(C)/C(=C\C=C(/C#N)C(=O)OC(C)(C)C)c1ccccc1. The molecule has 0 N–H and O–H groups in total. The molecule has 22 heavy (non-hydrogen) atoms. The molecule has 4 nitrogen and oxygen atoms in total. The van der Waals surface area contributed by atoms with Gasteiger partial charge in [0.1, 0.15) is 17.2 Å². The Kier molecular flexibility index (Phi) is 5.94. The van der Waals surface area contributed by atoms with Gasteiger partial charge in [0.15, 0.2) is 0 Å². The minimum absolute atomic E-state index is 0.0230. The molecule has 0 heterocycles. The van der Waals surface area contributed by atoms with Gasteiger partial charge in [-0.15, -0.1) is 0 Å². The number of hydrogen-bond acceptors (Lipinski definition) is 4. The molecule has 0 aliphatic heterocycles. The molecule has 0 aromatic heterocycles. The number of rotatable bonds is 4. The summed E-state index contributed by atoms with van der Waals surface area (Å²) in [5.41, 5.74) is 1.26. The molecular formula is C18H22N2O2. The second-order valence-corrected chi connectivity index (χ2v) is 6.01. The van der Waals surface area contributed by atoms with Gasteiger partial charge >= 0.3 is 5.97 Å². The lowest BCUT2D eigenvalue weighted by Gasteiger charge is -2.19. The van der Waals surface area contributed by atoms with E-state index in [-0.39, 0.29) is 5.57 Å². The molecule has 0 saturated heterocycles. The Hall–Kier alpha value is -2.54. The van der Waals surface area contributed by atoms with Gasteiger partial charge in [-0.2, -0.15) is 5.26 Å². The lowest BCUT2D eigenvalue weighted by Crippen LogP contribution is -2.24. The van der Waals surface area contributed by atoms with E-state index in [1.165, 1.54) is 6.08 Å². The zero-order chi connectivity index (χ0) is 16.8. The summed E-state index contributed by atoms with van der Waals surface area (Å²) in [6.07, 6.45) is 3.24. The minimum Gasteiger partial charge on any atom is -0.456 e. The second kappa shape index (κ2) is 7.46. The Labute approximate surface area is 132 Å². The van der Waals surface area contributed by atoms with Crippen LogP contribution in [0.5, 0.6) is 0 Å². The van der Waals surface area contributed by atoms with Crippen molar-refractivity contribution in [2.45, 2.75) is 26.4 Å². The molecule has 0 unspecified atom stereocenters. The largest absolute Gasteiger partial charge is 0.456 e. The van der Waals surface area contributed by atoms with Crippen molar-refractivity contribution < 1.29 is 9.53 Å². The maximum atomic E-state index is 12.0. The van der Waals surface area contributed by atoms with Gasteiger partial charge in [-0.3, -0.25) is 0 Å². The van der Waals surface area contributed by atoms with Gasteiger partial charge in [-0.05, 0) is 38.5 Å². The van der Waals surface area contributed by atoms with Crippen LogP contribution < -0.4 is 0 Å². The Morgan fingerprint density at radius 3 is 2.23 bits per heavy atom. The summed E-state index contributed by atoms with van der Waals surface area (Å²) in [7, 11) is 3.82. The molecule has 1 aromatic carbocycles. The summed E-state index contributed by atoms with van der Waals surface area (Å²) in [6, 6.07) is 11.7. The van der Waals surface area contributed by atoms with Gasteiger partial charge in [0.05, 0.1) is 0 Å². The highest BCUT2D eigenvalue weighted by molar-refractivity contribution is 5.93. The molecule has 1 aromatic rings. The molecule has 0 bridgehead atoms. The molecule has 1 rings (SSSR count). The van der Waals surface area contributed by atoms with Gasteiger partial charge < -0.3 is 9.64 Å². The number of esters is 1. The maximum Gasteiger partial charge on any atom is 0.349 e. The Balaban J connectivity index is 3.10. The van der Waals surface area contributed by atoms with Crippen molar-refractivity contribution in [1.29, 1.82) is 5.26 Å². The Morgan fingerprint density at radius 2 is 1.77 bits per heavy atom. The number of carbonyl (C=O) groups excluding carboxylic acids is 1. The van der Waals surface area contributed by atoms with E-state index in [4.69, 9.17) is 10.00 Å². The van der Waals surface area contributed by atoms with Gasteiger partial charge in [-0.25, -0.2) is 4.79 Å². The van der Waals surface area contributed by atoms with Gasteiger partial charge in [0.25, 0.3) is 0 Å². The summed E-state index contributed by atoms with van der Waals surface area (Å²) >= 11 is 0. The molecule has 0 atom stereocenters. The lowest BCUT2D eigenvalue weighted by atomic mass is 10.1. The monoisotopic (exact) mass is 298 g/mol. The first kappa shape index (κ1) is 17.5. The van der Waals surface area contributed by atoms with Crippen molar-refractivity contribution in [1.82, 2.24) is 4.90 Å². The van der Waals surface area contributed by atoms with E-state index in [1.54, 1.807) is 26.8 Å². The van der Waals surface area contributed by atoms with Crippen LogP contribution in [0.2, 0.25) is 0 Å². The van der Waals surface area contributed by atoms with Crippen LogP contribution in [0.3, 0.4) is 0 Å². The van der Waals surface area contributed by atoms with Crippen LogP contribution in [0, 0.1) is 11.3 Å². The maximum absolute atomic E-state index is 12.0. The second-order valence-electron chi connectivity index (χ2n) is 6.01. The molecule has 0 radical (unpaired) electrons. The number of hydrogen-bond donors (Lipinski definition) is 0. The molecule has 0 aliphatic carbocycles. The topological polar surface area (TPSA) is 53.3 Å². The first-order chi connectivity index (χ1) is 10.2. The van der Waals surface area contributed by atoms with Crippen LogP contribution in [-0.4, -0.2) is 30.6 Å². The van der Waals surface area contributed by atoms with E-state index in [1.807, 2.05) is 55.4 Å². The van der Waals surface area contributed by atoms with Crippen molar-refractivity contribution in [3.63, 3.8) is 0 Å². The summed E-state index contributed by atoms with van der Waals surface area (Å²) in [4.78, 5) is 13.9. The Morgan fingerprint density at radius 1 is 1.18 bits per heavy atom. The highest BCUT2D eigenvalue weighted by Crippen LogP contribution is 2.17. The fourth-order valence-electron chi connectivity index (χ4n) is 1.76. The van der Waals surface area contributed by atoms with Crippen LogP contribution in [0.25, 0.3) is 5.70 Å². The quantitative estimate of drug-likeness (QED) is 0.370. The fourth-order valence-corrected chi connectivity index (χ4v) is 1.76. The molecule has 4 heteroatoms. The third-order valence-corrected chi connectivity index (χ3v) is 2.70. The van der Waals surface area contributed by atoms with Gasteiger partial charge in [-0.1, -0.05) is 30.3 Å². The summed E-state index contributed by atoms with van der Waals surface area (Å²) in [6.45, 7) is 5.31. The van der Waals surface area contributed by atoms with Crippen LogP contribution in [0.1, 0.15) is 26.3 Å². The summed E-state index contributed by atoms with van der Waals surface area (Å²) in [5.74, 6) is -0.614. The zero-order valence-electron chi connectivity index (χ0n) is 13.8. The Bertz CT molecular complexity index is 615. The highest BCUT2D eigenvalue weighted by Gasteiger charge is 2.19. The molecule has 116 valence electrons. The molecule has 0 saturated carbocycles. The van der Waals surface area contributed by atoms with Gasteiger partial charge in [0, 0.05) is 19.8 Å². The first-order valence-corrected chi connectivity index (χ1v) is 7.03. The van der Waals surface area contributed by atoms with Crippen molar-refractivity contribution in [3.05, 3.63) is 53.6 Å². The average molecular weight is 298 g/mol. The number of carbonyl (C=O) groups is 1. The van der Waals surface area contributed by atoms with Crippen LogP contribution in [0.15, 0.2) is 48.1 Å². The standard InChI is InChI=1S/C18H22N2O2/c1-18(2,3)22-17(21)15(13-19)11-12-16(20(4)5)14-9-7-6-8-10-14/h6-12H,1-5H3/b15-11+,16-12-. The predicted molar refractivity (Wildman–Crippen MR) is 87.6 cm³/mol. The third-order valence-electron chi connectivity index (χ3n) is 2.70. The van der Waals surface area contributed by atoms with E-state index >= 15 is 0 Å². The van der Waals surface area contributed by atoms with E-state index in [0.29, 0.717) is 0 Å². The number of nitrogens with zero attached hydrogens (tertiary/aromatic N) is 2. The molecule has 0 amide bonds. The zero-order valence-corrected chi connectivity index (χ0v) is 13.8. The lowest BCUT2D eigenvalue weighted by molar-refractivity contribution is -0.149. The highest BCUT2D eigenvalue weighted by atomic mass is 16.6. The minimum atomic E-state index is -0.624. The predicted octanol–water partition coefficient (Wildman–Crippen LogP) is 3.38. The van der Waals surface area contributed by atoms with Crippen LogP contribution >= 0.6 is 0 Å². The fraction of sp³-hybridized carbons (Fsp3) is 0.333. The van der Waals surface area contributed by atoms with Crippen molar-refractivity contribution in [2.75, 3.05) is 14.1 Å². The number of benzene rings is 1. The van der Waals surface area contributed by atoms with E-state index in [9.17, 15) is 4.79 Å². The van der Waals surface area contributed by atoms with Crippen molar-refractivity contribution in [2.24, 2.45) is 0 Å². The number of ether oxygens (including phenoxy) is 1. The summed E-state index contributed by atoms with van der Waals surface area (Å²) < 4.78 is 5.22. The number of nitriles is 1. The van der Waals surface area contributed by atoms with Gasteiger partial charge in [0.2, 0.25) is 0 Å². The average Bonchev–Trinajstić information content (AvgIpc) is 2.42. The smallest absolute Gasteiger partial charge is 0.349 e. The van der Waals surface area contributed by atoms with Crippen molar-refractivity contribution in [3.8, 4) is 6.07 Å². The molecule has 0 fully saturated rings. The molecule has 0 spiro atoms. The molecular weight excluding hydrogens is 276 g/mol. The third kappa shape index (κ3) is 5.45. The first-order valence-electron chi connectivity index (χ1n) is 7.03. The van der Waals surface area contributed by atoms with E-state index in [2.05, 4.69) is 0 Å².